The summed E-state index contributed by atoms with van der Waals surface area (Å²) >= 11 is 0. The summed E-state index contributed by atoms with van der Waals surface area (Å²) in [6.07, 6.45) is 0. The standard InChI is InChI=1S/C12H9BN2O4/c16-14(17)11-5-1-3-9(7-11)13-10-4-2-6-12(8-10)15(18)19/h1-8,13H. The average molecular weight is 256 g/mol. The van der Waals surface area contributed by atoms with E-state index in [0.29, 0.717) is 7.28 Å². The first-order chi connectivity index (χ1) is 9.06. The van der Waals surface area contributed by atoms with Gasteiger partial charge in [0.15, 0.2) is 7.28 Å². The summed E-state index contributed by atoms with van der Waals surface area (Å²) in [5.74, 6) is 0. The van der Waals surface area contributed by atoms with E-state index >= 15 is 0 Å². The molecule has 0 aromatic heterocycles. The van der Waals surface area contributed by atoms with Crippen molar-refractivity contribution >= 4 is 29.6 Å². The summed E-state index contributed by atoms with van der Waals surface area (Å²) in [6, 6.07) is 12.5. The van der Waals surface area contributed by atoms with Crippen LogP contribution in [-0.2, 0) is 0 Å². The first-order valence-electron chi connectivity index (χ1n) is 5.53. The lowest BCUT2D eigenvalue weighted by atomic mass is 9.64. The van der Waals surface area contributed by atoms with Crippen molar-refractivity contribution in [1.29, 1.82) is 0 Å². The molecule has 0 amide bonds. The highest BCUT2D eigenvalue weighted by Crippen LogP contribution is 2.08. The van der Waals surface area contributed by atoms with Gasteiger partial charge in [0.25, 0.3) is 11.4 Å². The van der Waals surface area contributed by atoms with Crippen LogP contribution in [0, 0.1) is 20.2 Å². The summed E-state index contributed by atoms with van der Waals surface area (Å²) in [5.41, 5.74) is 1.52. The van der Waals surface area contributed by atoms with Gasteiger partial charge in [-0.25, -0.2) is 0 Å². The molecule has 2 aromatic carbocycles. The third-order valence-corrected chi connectivity index (χ3v) is 2.65. The lowest BCUT2D eigenvalue weighted by Gasteiger charge is -2.00. The van der Waals surface area contributed by atoms with Crippen LogP contribution in [0.15, 0.2) is 48.5 Å². The highest BCUT2D eigenvalue weighted by molar-refractivity contribution is 6.67. The van der Waals surface area contributed by atoms with Gasteiger partial charge < -0.3 is 0 Å². The maximum absolute atomic E-state index is 10.7. The van der Waals surface area contributed by atoms with Crippen molar-refractivity contribution in [2.24, 2.45) is 0 Å². The summed E-state index contributed by atoms with van der Waals surface area (Å²) in [6.45, 7) is 0. The van der Waals surface area contributed by atoms with Crippen LogP contribution in [0.5, 0.6) is 0 Å². The summed E-state index contributed by atoms with van der Waals surface area (Å²) in [5, 5.41) is 21.3. The molecule has 0 N–H and O–H groups in total. The lowest BCUT2D eigenvalue weighted by Crippen LogP contribution is -2.27. The van der Waals surface area contributed by atoms with Crippen LogP contribution in [0.4, 0.5) is 11.4 Å². The van der Waals surface area contributed by atoms with Gasteiger partial charge in [0.05, 0.1) is 9.85 Å². The Balaban J connectivity index is 2.26. The van der Waals surface area contributed by atoms with E-state index in [2.05, 4.69) is 0 Å². The Hall–Kier alpha value is -2.70. The van der Waals surface area contributed by atoms with Crippen molar-refractivity contribution in [2.45, 2.75) is 0 Å². The Morgan fingerprint density at radius 1 is 0.789 bits per heavy atom. The van der Waals surface area contributed by atoms with Gasteiger partial charge in [-0.15, -0.1) is 0 Å². The van der Waals surface area contributed by atoms with Crippen LogP contribution in [0.3, 0.4) is 0 Å². The van der Waals surface area contributed by atoms with Gasteiger partial charge in [-0.1, -0.05) is 35.2 Å². The molecular formula is C12H9BN2O4. The number of nitro groups is 2. The first-order valence-corrected chi connectivity index (χ1v) is 5.53. The molecule has 0 spiro atoms. The van der Waals surface area contributed by atoms with Gasteiger partial charge in [0, 0.05) is 24.3 Å². The predicted octanol–water partition coefficient (Wildman–Crippen LogP) is 0.890. The third-order valence-electron chi connectivity index (χ3n) is 2.65. The zero-order valence-electron chi connectivity index (χ0n) is 9.85. The molecule has 0 aliphatic carbocycles. The molecule has 0 unspecified atom stereocenters. The van der Waals surface area contributed by atoms with Crippen molar-refractivity contribution in [3.63, 3.8) is 0 Å². The van der Waals surface area contributed by atoms with Gasteiger partial charge in [0.2, 0.25) is 0 Å². The monoisotopic (exact) mass is 256 g/mol. The number of nitrogens with zero attached hydrogens (tertiary/aromatic N) is 2. The molecule has 94 valence electrons. The van der Waals surface area contributed by atoms with Gasteiger partial charge in [0.1, 0.15) is 0 Å². The van der Waals surface area contributed by atoms with Crippen LogP contribution < -0.4 is 10.9 Å². The Morgan fingerprint density at radius 2 is 1.21 bits per heavy atom. The quantitative estimate of drug-likeness (QED) is 0.461. The second-order valence-electron chi connectivity index (χ2n) is 4.03. The number of nitro benzene ring substituents is 2. The average Bonchev–Trinajstić information content (AvgIpc) is 2.39. The van der Waals surface area contributed by atoms with Crippen LogP contribution in [0.1, 0.15) is 0 Å². The molecule has 0 radical (unpaired) electrons. The zero-order valence-corrected chi connectivity index (χ0v) is 9.85. The molecule has 0 saturated heterocycles. The van der Waals surface area contributed by atoms with E-state index in [1.54, 1.807) is 24.3 Å². The first kappa shape index (κ1) is 12.8. The van der Waals surface area contributed by atoms with Crippen molar-refractivity contribution in [2.75, 3.05) is 0 Å². The number of hydrogen-bond acceptors (Lipinski definition) is 4. The van der Waals surface area contributed by atoms with Crippen LogP contribution >= 0.6 is 0 Å². The van der Waals surface area contributed by atoms with E-state index in [0.717, 1.165) is 10.9 Å². The molecule has 0 heterocycles. The number of hydrogen-bond donors (Lipinski definition) is 0. The van der Waals surface area contributed by atoms with Crippen molar-refractivity contribution in [1.82, 2.24) is 0 Å². The Kier molecular flexibility index (Phi) is 3.56. The Labute approximate surface area is 109 Å². The molecule has 6 nitrogen and oxygen atoms in total. The normalized spacial score (nSPS) is 9.89. The molecule has 0 atom stereocenters. The van der Waals surface area contributed by atoms with Gasteiger partial charge >= 0.3 is 0 Å². The van der Waals surface area contributed by atoms with Gasteiger partial charge in [-0.3, -0.25) is 20.2 Å². The Bertz CT molecular complexity index is 590. The van der Waals surface area contributed by atoms with Crippen LogP contribution in [0.25, 0.3) is 0 Å². The highest BCUT2D eigenvalue weighted by atomic mass is 16.6. The molecule has 2 aromatic rings. The third kappa shape index (κ3) is 3.15. The highest BCUT2D eigenvalue weighted by Gasteiger charge is 2.10. The zero-order chi connectivity index (χ0) is 13.8. The smallest absolute Gasteiger partial charge is 0.258 e. The van der Waals surface area contributed by atoms with Crippen LogP contribution in [-0.4, -0.2) is 17.1 Å². The molecule has 2 rings (SSSR count). The number of rotatable bonds is 4. The van der Waals surface area contributed by atoms with Gasteiger partial charge in [-0.05, 0) is 0 Å². The molecule has 0 aliphatic heterocycles. The van der Waals surface area contributed by atoms with E-state index < -0.39 is 9.85 Å². The lowest BCUT2D eigenvalue weighted by molar-refractivity contribution is -0.384. The minimum atomic E-state index is -0.461. The fraction of sp³-hybridized carbons (Fsp3) is 0. The minimum absolute atomic E-state index is 0.0166. The molecule has 7 heteroatoms. The largest absolute Gasteiger partial charge is 0.268 e. The SMILES string of the molecule is O=[N+]([O-])c1cccc(Bc2cccc([N+](=O)[O-])c2)c1. The van der Waals surface area contributed by atoms with E-state index in [1.807, 2.05) is 0 Å². The molecular weight excluding hydrogens is 247 g/mol. The topological polar surface area (TPSA) is 86.3 Å². The van der Waals surface area contributed by atoms with E-state index in [1.165, 1.54) is 24.3 Å². The number of benzene rings is 2. The van der Waals surface area contributed by atoms with E-state index in [9.17, 15) is 20.2 Å². The maximum atomic E-state index is 10.7. The second-order valence-corrected chi connectivity index (χ2v) is 4.03. The van der Waals surface area contributed by atoms with E-state index in [-0.39, 0.29) is 11.4 Å². The van der Waals surface area contributed by atoms with E-state index in [4.69, 9.17) is 0 Å². The fourth-order valence-corrected chi connectivity index (χ4v) is 1.80. The molecule has 19 heavy (non-hydrogen) atoms. The number of non-ortho nitro benzene ring substituents is 2. The van der Waals surface area contributed by atoms with Crippen molar-refractivity contribution < 1.29 is 9.85 Å². The summed E-state index contributed by atoms with van der Waals surface area (Å²) in [4.78, 5) is 20.4. The second kappa shape index (κ2) is 5.30. The fourth-order valence-electron chi connectivity index (χ4n) is 1.80. The molecule has 0 bridgehead atoms. The van der Waals surface area contributed by atoms with Crippen molar-refractivity contribution in [3.05, 3.63) is 68.8 Å². The Morgan fingerprint density at radius 3 is 1.58 bits per heavy atom. The molecule has 0 fully saturated rings. The minimum Gasteiger partial charge on any atom is -0.258 e. The summed E-state index contributed by atoms with van der Waals surface area (Å²) < 4.78 is 0. The van der Waals surface area contributed by atoms with Crippen molar-refractivity contribution in [3.8, 4) is 0 Å². The van der Waals surface area contributed by atoms with Gasteiger partial charge in [-0.2, -0.15) is 0 Å². The maximum Gasteiger partial charge on any atom is 0.268 e. The molecule has 0 aliphatic rings. The summed E-state index contributed by atoms with van der Waals surface area (Å²) in [7, 11) is 0.420. The van der Waals surface area contributed by atoms with Crippen LogP contribution in [0.2, 0.25) is 0 Å². The predicted molar refractivity (Wildman–Crippen MR) is 72.6 cm³/mol. The molecule has 0 saturated carbocycles.